The smallest absolute Gasteiger partial charge is 0.168 e. The molecule has 2 nitrogen and oxygen atoms in total. The number of hydrogen-bond donors (Lipinski definition) is 0. The van der Waals surface area contributed by atoms with E-state index in [4.69, 9.17) is 4.74 Å². The molecule has 3 aliphatic rings. The summed E-state index contributed by atoms with van der Waals surface area (Å²) in [5.41, 5.74) is 3.25. The number of ether oxygens (including phenoxy) is 1. The van der Waals surface area contributed by atoms with Crippen molar-refractivity contribution in [1.29, 1.82) is 0 Å². The molecule has 2 aliphatic carbocycles. The molecule has 0 aromatic heterocycles. The maximum atomic E-state index is 13.0. The fourth-order valence-corrected chi connectivity index (χ4v) is 4.43. The molecular formula is C19H22O2. The number of hydrogen-bond acceptors (Lipinski definition) is 2. The molecule has 110 valence electrons. The normalized spacial score (nSPS) is 30.1. The average Bonchev–Trinajstić information content (AvgIpc) is 2.95. The molecule has 4 rings (SSSR count). The van der Waals surface area contributed by atoms with Crippen LogP contribution >= 0.6 is 0 Å². The number of carbonyl (C=O) groups is 1. The van der Waals surface area contributed by atoms with Crippen molar-refractivity contribution in [3.63, 3.8) is 0 Å². The summed E-state index contributed by atoms with van der Waals surface area (Å²) in [5, 5.41) is 0. The summed E-state index contributed by atoms with van der Waals surface area (Å²) in [6.07, 6.45) is 5.86. The van der Waals surface area contributed by atoms with Crippen LogP contribution in [0.2, 0.25) is 0 Å². The van der Waals surface area contributed by atoms with E-state index in [0.29, 0.717) is 5.78 Å². The molecule has 2 fully saturated rings. The van der Waals surface area contributed by atoms with Gasteiger partial charge in [0.1, 0.15) is 11.9 Å². The Kier molecular flexibility index (Phi) is 2.79. The van der Waals surface area contributed by atoms with Crippen LogP contribution in [-0.2, 0) is 4.79 Å². The van der Waals surface area contributed by atoms with Crippen LogP contribution in [0.1, 0.15) is 57.4 Å². The maximum absolute atomic E-state index is 13.0. The van der Waals surface area contributed by atoms with Gasteiger partial charge in [0.25, 0.3) is 0 Å². The predicted molar refractivity (Wildman–Crippen MR) is 82.5 cm³/mol. The van der Waals surface area contributed by atoms with Gasteiger partial charge in [-0.3, -0.25) is 4.79 Å². The number of allylic oxidation sites excluding steroid dienone is 1. The van der Waals surface area contributed by atoms with Crippen LogP contribution in [0.15, 0.2) is 35.4 Å². The van der Waals surface area contributed by atoms with Gasteiger partial charge >= 0.3 is 0 Å². The fraction of sp³-hybridized carbons (Fsp3) is 0.526. The summed E-state index contributed by atoms with van der Waals surface area (Å²) in [6, 6.07) is 8.24. The fourth-order valence-electron chi connectivity index (χ4n) is 4.43. The molecule has 1 aromatic rings. The van der Waals surface area contributed by atoms with E-state index in [1.165, 1.54) is 30.4 Å². The first-order valence-electron chi connectivity index (χ1n) is 8.13. The molecule has 0 N–H and O–H groups in total. The van der Waals surface area contributed by atoms with Gasteiger partial charge in [-0.2, -0.15) is 0 Å². The Bertz CT molecular complexity index is 631. The van der Waals surface area contributed by atoms with Crippen LogP contribution in [-0.4, -0.2) is 11.9 Å². The molecule has 2 saturated carbocycles. The van der Waals surface area contributed by atoms with E-state index in [1.54, 1.807) is 0 Å². The van der Waals surface area contributed by atoms with Crippen molar-refractivity contribution in [1.82, 2.24) is 0 Å². The third-order valence-corrected chi connectivity index (χ3v) is 5.54. The van der Waals surface area contributed by atoms with E-state index in [1.807, 2.05) is 12.1 Å². The van der Waals surface area contributed by atoms with Gasteiger partial charge in [-0.1, -0.05) is 44.0 Å². The lowest BCUT2D eigenvalue weighted by molar-refractivity contribution is -0.121. The first-order chi connectivity index (χ1) is 10.1. The van der Waals surface area contributed by atoms with Crippen molar-refractivity contribution in [2.75, 3.05) is 0 Å². The molecule has 0 amide bonds. The number of benzene rings is 1. The molecule has 0 spiro atoms. The lowest BCUT2D eigenvalue weighted by Crippen LogP contribution is -2.24. The van der Waals surface area contributed by atoms with Gasteiger partial charge in [0.15, 0.2) is 5.78 Å². The van der Waals surface area contributed by atoms with E-state index in [2.05, 4.69) is 26.0 Å². The van der Waals surface area contributed by atoms with Crippen LogP contribution in [0.4, 0.5) is 0 Å². The highest BCUT2D eigenvalue weighted by molar-refractivity contribution is 6.05. The number of rotatable bonds is 0. The molecule has 0 saturated heterocycles. The lowest BCUT2D eigenvalue weighted by atomic mass is 9.77. The standard InChI is InChI=1S/C19H22O2/c1-19(2)16-13-10-6-7-11-14(13)21-17(16)15(18(19)20)12-8-4-3-5-9-12/h6-7,10-11,16-17H,3-5,8-9H2,1-2H3. The molecule has 1 aliphatic heterocycles. The number of para-hydroxylation sites is 1. The number of Topliss-reactive ketones (excluding diaryl/α,β-unsaturated/α-hetero) is 1. The zero-order valence-corrected chi connectivity index (χ0v) is 12.8. The highest BCUT2D eigenvalue weighted by atomic mass is 16.5. The van der Waals surface area contributed by atoms with E-state index in [9.17, 15) is 4.79 Å². The molecule has 2 heteroatoms. The lowest BCUT2D eigenvalue weighted by Gasteiger charge is -2.22. The van der Waals surface area contributed by atoms with Crippen LogP contribution in [0, 0.1) is 5.41 Å². The van der Waals surface area contributed by atoms with E-state index in [0.717, 1.165) is 24.2 Å². The minimum absolute atomic E-state index is 0.0435. The van der Waals surface area contributed by atoms with Gasteiger partial charge in [0.2, 0.25) is 0 Å². The molecule has 21 heavy (non-hydrogen) atoms. The third kappa shape index (κ3) is 1.74. The zero-order chi connectivity index (χ0) is 14.6. The second-order valence-electron chi connectivity index (χ2n) is 7.18. The van der Waals surface area contributed by atoms with E-state index in [-0.39, 0.29) is 17.4 Å². The second-order valence-corrected chi connectivity index (χ2v) is 7.18. The summed E-state index contributed by atoms with van der Waals surface area (Å²) in [5.74, 6) is 1.48. The second kappa shape index (κ2) is 4.46. The van der Waals surface area contributed by atoms with Crippen LogP contribution in [0.25, 0.3) is 0 Å². The quantitative estimate of drug-likeness (QED) is 0.659. The van der Waals surface area contributed by atoms with E-state index < -0.39 is 0 Å². The molecule has 2 atom stereocenters. The first kappa shape index (κ1) is 13.1. The maximum Gasteiger partial charge on any atom is 0.168 e. The summed E-state index contributed by atoms with van der Waals surface area (Å²) >= 11 is 0. The van der Waals surface area contributed by atoms with Crippen molar-refractivity contribution in [3.05, 3.63) is 41.0 Å². The molecule has 1 heterocycles. The zero-order valence-electron chi connectivity index (χ0n) is 12.8. The van der Waals surface area contributed by atoms with Crippen LogP contribution in [0.3, 0.4) is 0 Å². The Morgan fingerprint density at radius 2 is 1.81 bits per heavy atom. The van der Waals surface area contributed by atoms with Gasteiger partial charge < -0.3 is 4.74 Å². The molecular weight excluding hydrogens is 260 g/mol. The van der Waals surface area contributed by atoms with Gasteiger partial charge in [-0.05, 0) is 31.7 Å². The number of carbonyl (C=O) groups excluding carboxylic acids is 1. The summed E-state index contributed by atoms with van der Waals surface area (Å²) in [6.45, 7) is 4.18. The van der Waals surface area contributed by atoms with Gasteiger partial charge in [-0.15, -0.1) is 0 Å². The highest BCUT2D eigenvalue weighted by Gasteiger charge is 2.58. The Morgan fingerprint density at radius 1 is 1.10 bits per heavy atom. The Morgan fingerprint density at radius 3 is 2.57 bits per heavy atom. The molecule has 1 aromatic carbocycles. The average molecular weight is 282 g/mol. The molecule has 2 unspecified atom stereocenters. The van der Waals surface area contributed by atoms with Gasteiger partial charge in [0.05, 0.1) is 0 Å². The topological polar surface area (TPSA) is 26.3 Å². The van der Waals surface area contributed by atoms with Crippen molar-refractivity contribution in [2.24, 2.45) is 5.41 Å². The highest BCUT2D eigenvalue weighted by Crippen LogP contribution is 2.57. The summed E-state index contributed by atoms with van der Waals surface area (Å²) < 4.78 is 6.22. The van der Waals surface area contributed by atoms with Crippen LogP contribution < -0.4 is 4.74 Å². The third-order valence-electron chi connectivity index (χ3n) is 5.54. The summed E-state index contributed by atoms with van der Waals surface area (Å²) in [4.78, 5) is 13.0. The van der Waals surface area contributed by atoms with Crippen molar-refractivity contribution < 1.29 is 9.53 Å². The number of fused-ring (bicyclic) bond motifs is 3. The molecule has 0 radical (unpaired) electrons. The Labute approximate surface area is 126 Å². The monoisotopic (exact) mass is 282 g/mol. The minimum Gasteiger partial charge on any atom is -0.485 e. The van der Waals surface area contributed by atoms with E-state index >= 15 is 0 Å². The number of ketones is 1. The van der Waals surface area contributed by atoms with Crippen molar-refractivity contribution in [2.45, 2.75) is 58.0 Å². The largest absolute Gasteiger partial charge is 0.485 e. The van der Waals surface area contributed by atoms with Gasteiger partial charge in [-0.25, -0.2) is 0 Å². The first-order valence-corrected chi connectivity index (χ1v) is 8.13. The Balaban J connectivity index is 1.85. The van der Waals surface area contributed by atoms with Crippen LogP contribution in [0.5, 0.6) is 5.75 Å². The molecule has 0 bridgehead atoms. The SMILES string of the molecule is CC1(C)C(=O)C(=C2CCCCC2)C2Oc3ccccc3C21. The summed E-state index contributed by atoms with van der Waals surface area (Å²) in [7, 11) is 0. The Hall–Kier alpha value is -1.57. The van der Waals surface area contributed by atoms with Crippen molar-refractivity contribution >= 4 is 5.78 Å². The predicted octanol–water partition coefficient (Wildman–Crippen LogP) is 4.40. The minimum atomic E-state index is -0.350. The van der Waals surface area contributed by atoms with Crippen molar-refractivity contribution in [3.8, 4) is 5.75 Å². The van der Waals surface area contributed by atoms with Gasteiger partial charge in [0, 0.05) is 22.5 Å².